The maximum atomic E-state index is 13.4. The predicted molar refractivity (Wildman–Crippen MR) is 212 cm³/mol. The second-order valence-corrected chi connectivity index (χ2v) is 16.5. The third-order valence-electron chi connectivity index (χ3n) is 12.8. The van der Waals surface area contributed by atoms with E-state index in [1.165, 1.54) is 13.2 Å². The summed E-state index contributed by atoms with van der Waals surface area (Å²) in [6, 6.07) is 10.7. The number of likely N-dealkylation sites (tertiary alicyclic amines) is 1. The number of ether oxygens (including phenoxy) is 1. The number of benzene rings is 2. The summed E-state index contributed by atoms with van der Waals surface area (Å²) in [5, 5.41) is 10.4. The van der Waals surface area contributed by atoms with Gasteiger partial charge in [-0.3, -0.25) is 48.6 Å². The Morgan fingerprint density at radius 2 is 1.67 bits per heavy atom. The van der Waals surface area contributed by atoms with E-state index in [1.54, 1.807) is 30.3 Å². The van der Waals surface area contributed by atoms with E-state index in [2.05, 4.69) is 25.4 Å². The Morgan fingerprint density at radius 3 is 2.38 bits per heavy atom. The van der Waals surface area contributed by atoms with Crippen LogP contribution in [0.25, 0.3) is 10.9 Å². The van der Waals surface area contributed by atoms with Gasteiger partial charge in [0.2, 0.25) is 17.7 Å². The summed E-state index contributed by atoms with van der Waals surface area (Å²) in [6.07, 6.45) is 1.14. The molecule has 2 N–H and O–H groups in total. The number of amides is 6. The second kappa shape index (κ2) is 15.3. The van der Waals surface area contributed by atoms with Crippen molar-refractivity contribution in [1.82, 2.24) is 34.8 Å². The summed E-state index contributed by atoms with van der Waals surface area (Å²) in [5.41, 5.74) is 0.757. The van der Waals surface area contributed by atoms with Crippen LogP contribution in [0.15, 0.2) is 54.7 Å². The van der Waals surface area contributed by atoms with Gasteiger partial charge in [-0.1, -0.05) is 6.07 Å². The first kappa shape index (κ1) is 40.1. The zero-order valence-corrected chi connectivity index (χ0v) is 33.2. The number of fused-ring (bicyclic) bond motifs is 2. The van der Waals surface area contributed by atoms with Gasteiger partial charge in [0.25, 0.3) is 17.7 Å². The van der Waals surface area contributed by atoms with Crippen molar-refractivity contribution in [1.29, 1.82) is 0 Å². The molecule has 0 bridgehead atoms. The lowest BCUT2D eigenvalue weighted by atomic mass is 9.60. The molecule has 1 atom stereocenters. The first-order valence-corrected chi connectivity index (χ1v) is 20.2. The van der Waals surface area contributed by atoms with Gasteiger partial charge in [0.1, 0.15) is 23.2 Å². The van der Waals surface area contributed by atoms with Crippen LogP contribution in [0.2, 0.25) is 0 Å². The minimum Gasteiger partial charge on any atom is -0.494 e. The quantitative estimate of drug-likeness (QED) is 0.246. The average molecular weight is 842 g/mol. The Labute approximate surface area is 347 Å². The minimum atomic E-state index is -4.69. The molecule has 9 rings (SSSR count). The van der Waals surface area contributed by atoms with Crippen LogP contribution in [0.1, 0.15) is 81.5 Å². The van der Waals surface area contributed by atoms with Crippen LogP contribution in [-0.4, -0.2) is 124 Å². The van der Waals surface area contributed by atoms with E-state index in [1.807, 2.05) is 15.8 Å². The highest BCUT2D eigenvalue weighted by Crippen LogP contribution is 2.54. The number of rotatable bonds is 8. The fraction of sp³-hybridized carbons (Fsp3) is 0.429. The number of halogens is 3. The number of nitrogens with one attached hydrogen (secondary N) is 2. The van der Waals surface area contributed by atoms with Crippen molar-refractivity contribution >= 4 is 57.7 Å². The monoisotopic (exact) mass is 841 g/mol. The second-order valence-electron chi connectivity index (χ2n) is 16.5. The van der Waals surface area contributed by atoms with E-state index in [9.17, 15) is 41.9 Å². The number of hydrogen-bond donors (Lipinski definition) is 2. The molecule has 1 unspecified atom stereocenters. The molecule has 0 radical (unpaired) electrons. The zero-order valence-electron chi connectivity index (χ0n) is 33.2. The van der Waals surface area contributed by atoms with Crippen molar-refractivity contribution in [3.63, 3.8) is 0 Å². The summed E-state index contributed by atoms with van der Waals surface area (Å²) in [7, 11) is 1.43. The predicted octanol–water partition coefficient (Wildman–Crippen LogP) is 3.88. The number of pyridine rings is 1. The number of piperidine rings is 2. The molecule has 4 aliphatic heterocycles. The van der Waals surface area contributed by atoms with E-state index < -0.39 is 47.4 Å². The van der Waals surface area contributed by atoms with Crippen LogP contribution < -0.4 is 20.3 Å². The number of methoxy groups -OCH3 is 1. The standard InChI is InChI=1S/C42H42F3N9O7/c1-61-33-19-30-24(17-31(33)47-37(57)29-3-2-4-34(46-29)42(43,44)45)22-53(49-30)26-20-41(21-26)9-11-50(12-10-41)23-36(56)52-15-13-51(14-16-52)25-5-6-27-28(18-25)40(60)54(39(27)59)32-7-8-35(55)48-38(32)58/h2-6,17-19,22,26,32H,7-16,20-21,23H2,1H3,(H,47,57)(H,48,55,58). The smallest absolute Gasteiger partial charge is 0.433 e. The first-order chi connectivity index (χ1) is 29.2. The Balaban J connectivity index is 0.750. The highest BCUT2D eigenvalue weighted by molar-refractivity contribution is 6.23. The van der Waals surface area contributed by atoms with Crippen LogP contribution in [0, 0.1) is 5.41 Å². The number of hydrogen-bond acceptors (Lipinski definition) is 11. The maximum absolute atomic E-state index is 13.4. The average Bonchev–Trinajstić information content (AvgIpc) is 3.76. The van der Waals surface area contributed by atoms with Crippen molar-refractivity contribution in [2.24, 2.45) is 5.41 Å². The van der Waals surface area contributed by atoms with Crippen molar-refractivity contribution in [3.8, 4) is 5.75 Å². The van der Waals surface area contributed by atoms with Crippen LogP contribution in [0.4, 0.5) is 24.5 Å². The molecule has 6 heterocycles. The molecular weight excluding hydrogens is 800 g/mol. The molecule has 1 spiro atoms. The van der Waals surface area contributed by atoms with Crippen molar-refractivity contribution < 1.29 is 46.7 Å². The van der Waals surface area contributed by atoms with Crippen LogP contribution in [-0.2, 0) is 20.6 Å². The minimum absolute atomic E-state index is 0.0511. The molecule has 318 valence electrons. The number of nitrogens with zero attached hydrogens (tertiary/aromatic N) is 7. The van der Waals surface area contributed by atoms with Crippen LogP contribution in [0.5, 0.6) is 5.75 Å². The highest BCUT2D eigenvalue weighted by atomic mass is 19.4. The van der Waals surface area contributed by atoms with Gasteiger partial charge in [-0.15, -0.1) is 0 Å². The zero-order chi connectivity index (χ0) is 42.8. The first-order valence-electron chi connectivity index (χ1n) is 20.2. The highest BCUT2D eigenvalue weighted by Gasteiger charge is 2.48. The van der Waals surface area contributed by atoms with E-state index in [4.69, 9.17) is 9.84 Å². The summed E-state index contributed by atoms with van der Waals surface area (Å²) in [6.45, 7) is 4.06. The SMILES string of the molecule is COc1cc2nn(C3CC4(CCN(CC(=O)N5CCN(c6ccc7c(c6)C(=O)N(C6CCC(=O)NC6=O)C7=O)CC5)CC4)C3)cc2cc1NC(=O)c1cccc(C(F)(F)F)n1. The van der Waals surface area contributed by atoms with E-state index in [0.29, 0.717) is 44.0 Å². The van der Waals surface area contributed by atoms with Crippen molar-refractivity contribution in [2.75, 3.05) is 63.1 Å². The van der Waals surface area contributed by atoms with Gasteiger partial charge < -0.3 is 19.9 Å². The van der Waals surface area contributed by atoms with E-state index in [-0.39, 0.29) is 52.7 Å². The van der Waals surface area contributed by atoms with Gasteiger partial charge >= 0.3 is 6.18 Å². The van der Waals surface area contributed by atoms with Gasteiger partial charge in [0.05, 0.1) is 42.0 Å². The maximum Gasteiger partial charge on any atom is 0.433 e. The Hall–Kier alpha value is -6.37. The van der Waals surface area contributed by atoms with Crippen molar-refractivity contribution in [3.05, 3.63) is 77.2 Å². The largest absolute Gasteiger partial charge is 0.494 e. The van der Waals surface area contributed by atoms with Gasteiger partial charge in [0, 0.05) is 55.9 Å². The fourth-order valence-corrected chi connectivity index (χ4v) is 9.31. The third kappa shape index (κ3) is 7.55. The van der Waals surface area contributed by atoms with E-state index in [0.717, 1.165) is 66.9 Å². The normalized spacial score (nSPS) is 20.9. The summed E-state index contributed by atoms with van der Waals surface area (Å²) in [5.74, 6) is -2.61. The lowest BCUT2D eigenvalue weighted by molar-refractivity contribution is -0.141. The molecule has 6 amide bonds. The van der Waals surface area contributed by atoms with Gasteiger partial charge in [-0.25, -0.2) is 4.98 Å². The molecule has 61 heavy (non-hydrogen) atoms. The molecule has 2 aromatic carbocycles. The van der Waals surface area contributed by atoms with Crippen LogP contribution >= 0.6 is 0 Å². The molecule has 4 fully saturated rings. The number of carbonyl (C=O) groups excluding carboxylic acids is 6. The molecule has 19 heteroatoms. The number of anilines is 2. The lowest BCUT2D eigenvalue weighted by Crippen LogP contribution is -2.54. The van der Waals surface area contributed by atoms with Gasteiger partial charge in [0.15, 0.2) is 0 Å². The fourth-order valence-electron chi connectivity index (χ4n) is 9.31. The molecule has 1 aliphatic carbocycles. The molecular formula is C42H42F3N9O7. The van der Waals surface area contributed by atoms with Gasteiger partial charge in [-0.2, -0.15) is 18.3 Å². The number of carbonyl (C=O) groups is 6. The Morgan fingerprint density at radius 1 is 0.934 bits per heavy atom. The lowest BCUT2D eigenvalue weighted by Gasteiger charge is -2.52. The Kier molecular flexibility index (Phi) is 10.0. The summed E-state index contributed by atoms with van der Waals surface area (Å²) >= 11 is 0. The Bertz CT molecular complexity index is 2480. The number of piperazine rings is 1. The number of aromatic nitrogens is 3. The third-order valence-corrected chi connectivity index (χ3v) is 12.8. The van der Waals surface area contributed by atoms with Gasteiger partial charge in [-0.05, 0) is 87.0 Å². The molecule has 3 saturated heterocycles. The molecule has 4 aromatic rings. The topological polar surface area (TPSA) is 179 Å². The summed E-state index contributed by atoms with van der Waals surface area (Å²) < 4.78 is 46.9. The molecule has 5 aliphatic rings. The van der Waals surface area contributed by atoms with E-state index >= 15 is 0 Å². The number of alkyl halides is 3. The molecule has 16 nitrogen and oxygen atoms in total. The molecule has 2 aromatic heterocycles. The molecule has 1 saturated carbocycles. The summed E-state index contributed by atoms with van der Waals surface area (Å²) in [4.78, 5) is 87.4. The number of imide groups is 2. The van der Waals surface area contributed by atoms with Crippen molar-refractivity contribution in [2.45, 2.75) is 56.8 Å². The van der Waals surface area contributed by atoms with Crippen LogP contribution in [0.3, 0.4) is 0 Å².